The highest BCUT2D eigenvalue weighted by atomic mass is 79.9. The minimum atomic E-state index is -0.00924. The number of benzene rings is 1. The monoisotopic (exact) mass is 297 g/mol. The molecule has 1 unspecified atom stereocenters. The number of nitrogens with one attached hydrogen (secondary N) is 1. The third-order valence-corrected chi connectivity index (χ3v) is 3.23. The van der Waals surface area contributed by atoms with Gasteiger partial charge in [0.25, 0.3) is 5.91 Å². The van der Waals surface area contributed by atoms with E-state index in [0.717, 1.165) is 16.5 Å². The van der Waals surface area contributed by atoms with Gasteiger partial charge in [-0.05, 0) is 59.8 Å². The second-order valence-corrected chi connectivity index (χ2v) is 5.84. The molecule has 0 heterocycles. The number of amides is 1. The average Bonchev–Trinajstić information content (AvgIpc) is 2.15. The maximum Gasteiger partial charge on any atom is 0.252 e. The van der Waals surface area contributed by atoms with Crippen molar-refractivity contribution in [3.8, 4) is 0 Å². The molecular weight excluding hydrogens is 278 g/mol. The van der Waals surface area contributed by atoms with Crippen molar-refractivity contribution in [3.63, 3.8) is 0 Å². The molecule has 0 radical (unpaired) electrons. The van der Waals surface area contributed by atoms with Crippen molar-refractivity contribution in [2.24, 2.45) is 5.92 Å². The van der Waals surface area contributed by atoms with Crippen LogP contribution in [0.15, 0.2) is 22.7 Å². The molecule has 94 valence electrons. The number of carbonyl (C=O) groups excluding carboxylic acids is 1. The molecule has 1 aromatic rings. The molecule has 0 saturated heterocycles. The van der Waals surface area contributed by atoms with Gasteiger partial charge in [-0.25, -0.2) is 0 Å². The Bertz CT molecular complexity index is 401. The minimum Gasteiger partial charge on any atom is -0.350 e. The Morgan fingerprint density at radius 2 is 2.00 bits per heavy atom. The largest absolute Gasteiger partial charge is 0.350 e. The lowest BCUT2D eigenvalue weighted by Gasteiger charge is -2.16. The van der Waals surface area contributed by atoms with E-state index in [4.69, 9.17) is 0 Å². The number of halogens is 1. The first-order valence-electron chi connectivity index (χ1n) is 5.97. The van der Waals surface area contributed by atoms with Gasteiger partial charge in [0.05, 0.1) is 5.56 Å². The Labute approximate surface area is 112 Å². The van der Waals surface area contributed by atoms with Crippen LogP contribution in [0.25, 0.3) is 0 Å². The predicted octanol–water partition coefficient (Wildman–Crippen LogP) is 3.92. The zero-order valence-electron chi connectivity index (χ0n) is 10.9. The molecule has 3 heteroatoms. The first-order chi connectivity index (χ1) is 7.90. The fraction of sp³-hybridized carbons (Fsp3) is 0.500. The van der Waals surface area contributed by atoms with Crippen LogP contribution in [-0.4, -0.2) is 11.9 Å². The van der Waals surface area contributed by atoms with Crippen LogP contribution in [-0.2, 0) is 0 Å². The maximum atomic E-state index is 12.0. The fourth-order valence-corrected chi connectivity index (χ4v) is 2.55. The highest BCUT2D eigenvalue weighted by molar-refractivity contribution is 9.10. The molecule has 0 spiro atoms. The van der Waals surface area contributed by atoms with Crippen LogP contribution in [0.2, 0.25) is 0 Å². The second-order valence-electron chi connectivity index (χ2n) is 4.99. The molecule has 17 heavy (non-hydrogen) atoms. The molecule has 0 bridgehead atoms. The molecule has 0 aliphatic carbocycles. The lowest BCUT2D eigenvalue weighted by Crippen LogP contribution is -2.33. The van der Waals surface area contributed by atoms with Gasteiger partial charge in [0, 0.05) is 10.5 Å². The van der Waals surface area contributed by atoms with Gasteiger partial charge >= 0.3 is 0 Å². The Morgan fingerprint density at radius 1 is 1.35 bits per heavy atom. The summed E-state index contributed by atoms with van der Waals surface area (Å²) < 4.78 is 0.853. The van der Waals surface area contributed by atoms with Gasteiger partial charge in [-0.1, -0.05) is 19.9 Å². The van der Waals surface area contributed by atoms with E-state index < -0.39 is 0 Å². The molecule has 2 nitrogen and oxygen atoms in total. The van der Waals surface area contributed by atoms with Crippen molar-refractivity contribution in [1.82, 2.24) is 5.32 Å². The van der Waals surface area contributed by atoms with Crippen LogP contribution in [0.1, 0.15) is 43.1 Å². The SMILES string of the molecule is Cc1ccc(C(=O)NC(C)CC(C)C)c(Br)c1. The number of aryl methyl sites for hydroxylation is 1. The predicted molar refractivity (Wildman–Crippen MR) is 75.3 cm³/mol. The molecule has 1 amide bonds. The maximum absolute atomic E-state index is 12.0. The molecule has 0 aliphatic heterocycles. The van der Waals surface area contributed by atoms with Gasteiger partial charge in [0.1, 0.15) is 0 Å². The summed E-state index contributed by atoms with van der Waals surface area (Å²) in [4.78, 5) is 12.0. The summed E-state index contributed by atoms with van der Waals surface area (Å²) in [7, 11) is 0. The van der Waals surface area contributed by atoms with Crippen LogP contribution < -0.4 is 5.32 Å². The minimum absolute atomic E-state index is 0.00924. The van der Waals surface area contributed by atoms with E-state index in [-0.39, 0.29) is 11.9 Å². The van der Waals surface area contributed by atoms with Crippen LogP contribution in [0.4, 0.5) is 0 Å². The van der Waals surface area contributed by atoms with E-state index in [1.165, 1.54) is 0 Å². The Morgan fingerprint density at radius 3 is 2.53 bits per heavy atom. The first-order valence-corrected chi connectivity index (χ1v) is 6.76. The van der Waals surface area contributed by atoms with Crippen LogP contribution in [0.5, 0.6) is 0 Å². The molecule has 1 rings (SSSR count). The van der Waals surface area contributed by atoms with E-state index in [9.17, 15) is 4.79 Å². The summed E-state index contributed by atoms with van der Waals surface area (Å²) >= 11 is 3.43. The summed E-state index contributed by atoms with van der Waals surface area (Å²) in [5.41, 5.74) is 1.84. The zero-order valence-corrected chi connectivity index (χ0v) is 12.5. The first kappa shape index (κ1) is 14.2. The van der Waals surface area contributed by atoms with Gasteiger partial charge in [-0.15, -0.1) is 0 Å². The van der Waals surface area contributed by atoms with E-state index in [1.54, 1.807) is 0 Å². The molecule has 0 saturated carbocycles. The van der Waals surface area contributed by atoms with Crippen LogP contribution in [0.3, 0.4) is 0 Å². The number of rotatable bonds is 4. The molecular formula is C14H20BrNO. The van der Waals surface area contributed by atoms with Gasteiger partial charge in [-0.3, -0.25) is 4.79 Å². The Hall–Kier alpha value is -0.830. The lowest BCUT2D eigenvalue weighted by atomic mass is 10.0. The smallest absolute Gasteiger partial charge is 0.252 e. The number of hydrogen-bond donors (Lipinski definition) is 1. The van der Waals surface area contributed by atoms with Crippen molar-refractivity contribution in [2.45, 2.75) is 40.2 Å². The highest BCUT2D eigenvalue weighted by Crippen LogP contribution is 2.18. The topological polar surface area (TPSA) is 29.1 Å². The summed E-state index contributed by atoms with van der Waals surface area (Å²) in [6, 6.07) is 5.97. The van der Waals surface area contributed by atoms with Crippen molar-refractivity contribution in [1.29, 1.82) is 0 Å². The van der Waals surface area contributed by atoms with E-state index >= 15 is 0 Å². The summed E-state index contributed by atoms with van der Waals surface area (Å²) in [6.07, 6.45) is 0.995. The highest BCUT2D eigenvalue weighted by Gasteiger charge is 2.13. The molecule has 0 fully saturated rings. The van der Waals surface area contributed by atoms with Crippen molar-refractivity contribution < 1.29 is 4.79 Å². The van der Waals surface area contributed by atoms with Gasteiger partial charge < -0.3 is 5.32 Å². The third-order valence-electron chi connectivity index (χ3n) is 2.57. The van der Waals surface area contributed by atoms with E-state index in [1.807, 2.05) is 32.0 Å². The summed E-state index contributed by atoms with van der Waals surface area (Å²) in [5, 5.41) is 3.02. The van der Waals surface area contributed by atoms with E-state index in [0.29, 0.717) is 11.5 Å². The molecule has 0 aromatic heterocycles. The van der Waals surface area contributed by atoms with Gasteiger partial charge in [-0.2, -0.15) is 0 Å². The summed E-state index contributed by atoms with van der Waals surface area (Å²) in [6.45, 7) is 8.36. The zero-order chi connectivity index (χ0) is 13.0. The van der Waals surface area contributed by atoms with Crippen molar-refractivity contribution in [2.75, 3.05) is 0 Å². The standard InChI is InChI=1S/C14H20BrNO/c1-9(2)7-11(4)16-14(17)12-6-5-10(3)8-13(12)15/h5-6,8-9,11H,7H2,1-4H3,(H,16,17). The van der Waals surface area contributed by atoms with Crippen molar-refractivity contribution >= 4 is 21.8 Å². The number of carbonyl (C=O) groups is 1. The lowest BCUT2D eigenvalue weighted by molar-refractivity contribution is 0.0935. The molecule has 1 atom stereocenters. The van der Waals surface area contributed by atoms with E-state index in [2.05, 4.69) is 35.1 Å². The quantitative estimate of drug-likeness (QED) is 0.896. The van der Waals surface area contributed by atoms with Crippen LogP contribution >= 0.6 is 15.9 Å². The van der Waals surface area contributed by atoms with Crippen LogP contribution in [0, 0.1) is 12.8 Å². The Kier molecular flexibility index (Phi) is 5.19. The molecule has 1 aromatic carbocycles. The molecule has 1 N–H and O–H groups in total. The second kappa shape index (κ2) is 6.20. The summed E-state index contributed by atoms with van der Waals surface area (Å²) in [5.74, 6) is 0.580. The van der Waals surface area contributed by atoms with Gasteiger partial charge in [0.15, 0.2) is 0 Å². The van der Waals surface area contributed by atoms with Crippen molar-refractivity contribution in [3.05, 3.63) is 33.8 Å². The molecule has 0 aliphatic rings. The van der Waals surface area contributed by atoms with Gasteiger partial charge in [0.2, 0.25) is 0 Å². The number of hydrogen-bond acceptors (Lipinski definition) is 1. The normalized spacial score (nSPS) is 12.6. The fourth-order valence-electron chi connectivity index (χ4n) is 1.87. The third kappa shape index (κ3) is 4.50. The average molecular weight is 298 g/mol. The Balaban J connectivity index is 2.70.